The van der Waals surface area contributed by atoms with E-state index in [-0.39, 0.29) is 0 Å². The molecule has 0 aromatic carbocycles. The van der Waals surface area contributed by atoms with Crippen molar-refractivity contribution in [2.24, 2.45) is 9.32 Å². The lowest BCUT2D eigenvalue weighted by Gasteiger charge is -2.21. The summed E-state index contributed by atoms with van der Waals surface area (Å²) in [7, 11) is -3.28. The van der Waals surface area contributed by atoms with E-state index in [0.717, 1.165) is 11.7 Å². The van der Waals surface area contributed by atoms with Crippen LogP contribution in [0.4, 0.5) is 0 Å². The van der Waals surface area contributed by atoms with Gasteiger partial charge in [0.1, 0.15) is 0 Å². The summed E-state index contributed by atoms with van der Waals surface area (Å²) in [6.07, 6.45) is 8.18. The first-order chi connectivity index (χ1) is 10.2. The van der Waals surface area contributed by atoms with Crippen molar-refractivity contribution in [2.45, 2.75) is 39.3 Å². The van der Waals surface area contributed by atoms with Crippen LogP contribution in [0.1, 0.15) is 0 Å². The molecule has 0 atom stereocenters. The van der Waals surface area contributed by atoms with Gasteiger partial charge in [0.05, 0.1) is 0 Å². The van der Waals surface area contributed by atoms with Gasteiger partial charge in [-0.3, -0.25) is 0 Å². The highest BCUT2D eigenvalue weighted by Crippen LogP contribution is 2.11. The molecular weight excluding hydrogens is 304 g/mol. The highest BCUT2D eigenvalue weighted by Gasteiger charge is 2.22. The standard InChI is InChI=1S/C16H26N4Si2/c1-21(2,3)17-15(19-11-7-8-12-19)16(18-22(4,5)6)20-13-9-10-14-20/h7-14H,1-6H3. The first-order valence-electron chi connectivity index (χ1n) is 7.62. The van der Waals surface area contributed by atoms with E-state index in [1.165, 1.54) is 0 Å². The Morgan fingerprint density at radius 1 is 0.591 bits per heavy atom. The molecule has 22 heavy (non-hydrogen) atoms. The van der Waals surface area contributed by atoms with E-state index in [1.807, 2.05) is 49.1 Å². The monoisotopic (exact) mass is 330 g/mol. The van der Waals surface area contributed by atoms with Crippen LogP contribution >= 0.6 is 0 Å². The zero-order valence-electron chi connectivity index (χ0n) is 14.4. The molecule has 0 aliphatic heterocycles. The average Bonchev–Trinajstić information content (AvgIpc) is 3.03. The molecular formula is C16H26N4Si2. The predicted octanol–water partition coefficient (Wildman–Crippen LogP) is 4.15. The molecule has 0 saturated carbocycles. The minimum atomic E-state index is -1.64. The summed E-state index contributed by atoms with van der Waals surface area (Å²) in [5.74, 6) is 1.89. The van der Waals surface area contributed by atoms with Gasteiger partial charge in [-0.05, 0) is 63.5 Å². The zero-order valence-corrected chi connectivity index (χ0v) is 16.4. The van der Waals surface area contributed by atoms with Crippen molar-refractivity contribution in [1.29, 1.82) is 0 Å². The van der Waals surface area contributed by atoms with E-state index in [1.54, 1.807) is 0 Å². The van der Waals surface area contributed by atoms with Crippen molar-refractivity contribution in [3.8, 4) is 0 Å². The Morgan fingerprint density at radius 3 is 1.09 bits per heavy atom. The van der Waals surface area contributed by atoms with Gasteiger partial charge in [-0.25, -0.2) is 0 Å². The SMILES string of the molecule is C[Si](C)(C)N=C(C(=N[Si](C)(C)C)n1cccc1)n1cccc1. The van der Waals surface area contributed by atoms with Crippen molar-refractivity contribution in [3.05, 3.63) is 49.1 Å². The number of aromatic nitrogens is 2. The Kier molecular flexibility index (Phi) is 4.72. The quantitative estimate of drug-likeness (QED) is 0.450. The fraction of sp³-hybridized carbons (Fsp3) is 0.375. The molecule has 0 unspecified atom stereocenters. The fourth-order valence-corrected chi connectivity index (χ4v) is 3.74. The summed E-state index contributed by atoms with van der Waals surface area (Å²) >= 11 is 0. The topological polar surface area (TPSA) is 34.6 Å². The maximum absolute atomic E-state index is 5.08. The molecule has 2 rings (SSSR count). The molecule has 0 aliphatic rings. The molecule has 2 aromatic heterocycles. The molecule has 2 heterocycles. The van der Waals surface area contributed by atoms with Crippen LogP contribution in [0.15, 0.2) is 58.4 Å². The van der Waals surface area contributed by atoms with Crippen molar-refractivity contribution in [2.75, 3.05) is 0 Å². The van der Waals surface area contributed by atoms with Crippen LogP contribution in [-0.2, 0) is 0 Å². The second kappa shape index (κ2) is 6.22. The molecule has 0 spiro atoms. The Hall–Kier alpha value is -1.67. The van der Waals surface area contributed by atoms with E-state index >= 15 is 0 Å². The van der Waals surface area contributed by atoms with Crippen LogP contribution in [0.2, 0.25) is 39.3 Å². The molecule has 4 nitrogen and oxygen atoms in total. The third-order valence-electron chi connectivity index (χ3n) is 2.78. The normalized spacial score (nSPS) is 14.5. The summed E-state index contributed by atoms with van der Waals surface area (Å²) < 4.78 is 14.3. The molecule has 0 fully saturated rings. The van der Waals surface area contributed by atoms with E-state index in [4.69, 9.17) is 9.32 Å². The zero-order chi connectivity index (χ0) is 16.4. The van der Waals surface area contributed by atoms with Gasteiger partial charge < -0.3 is 18.5 Å². The van der Waals surface area contributed by atoms with Crippen molar-refractivity contribution in [1.82, 2.24) is 9.13 Å². The van der Waals surface area contributed by atoms with Crippen LogP contribution in [-0.4, -0.2) is 37.3 Å². The first kappa shape index (κ1) is 16.7. The molecule has 0 aliphatic carbocycles. The van der Waals surface area contributed by atoms with Gasteiger partial charge in [0.2, 0.25) is 0 Å². The minimum absolute atomic E-state index is 0.947. The Bertz CT molecular complexity index is 594. The molecule has 0 N–H and O–H groups in total. The maximum atomic E-state index is 5.08. The molecule has 118 valence electrons. The number of hydrogen-bond donors (Lipinski definition) is 0. The smallest absolute Gasteiger partial charge is 0.175 e. The van der Waals surface area contributed by atoms with Gasteiger partial charge in [-0.2, -0.15) is 0 Å². The molecule has 0 bridgehead atoms. The maximum Gasteiger partial charge on any atom is 0.175 e. The van der Waals surface area contributed by atoms with Gasteiger partial charge in [-0.15, -0.1) is 0 Å². The lowest BCUT2D eigenvalue weighted by Crippen LogP contribution is -2.35. The summed E-state index contributed by atoms with van der Waals surface area (Å²) in [5.41, 5.74) is 0. The van der Waals surface area contributed by atoms with Gasteiger partial charge in [-0.1, -0.05) is 0 Å². The Morgan fingerprint density at radius 2 is 0.864 bits per heavy atom. The van der Waals surface area contributed by atoms with Crippen molar-refractivity contribution < 1.29 is 0 Å². The molecule has 6 heteroatoms. The van der Waals surface area contributed by atoms with Gasteiger partial charge in [0.25, 0.3) is 0 Å². The summed E-state index contributed by atoms with van der Waals surface area (Å²) in [5, 5.41) is 0. The Labute approximate surface area is 135 Å². The minimum Gasteiger partial charge on any atom is -0.307 e. The van der Waals surface area contributed by atoms with Crippen molar-refractivity contribution in [3.63, 3.8) is 0 Å². The molecule has 0 amide bonds. The number of nitrogens with zero attached hydrogens (tertiary/aromatic N) is 4. The van der Waals surface area contributed by atoms with E-state index in [0.29, 0.717) is 0 Å². The number of hydrogen-bond acceptors (Lipinski definition) is 2. The summed E-state index contributed by atoms with van der Waals surface area (Å²) in [6.45, 7) is 13.5. The van der Waals surface area contributed by atoms with Crippen molar-refractivity contribution >= 4 is 28.1 Å². The van der Waals surface area contributed by atoms with Crippen LogP contribution in [0.25, 0.3) is 0 Å². The molecule has 0 radical (unpaired) electrons. The van der Waals surface area contributed by atoms with E-state index in [9.17, 15) is 0 Å². The third kappa shape index (κ3) is 4.67. The Balaban J connectivity index is 2.65. The summed E-state index contributed by atoms with van der Waals surface area (Å²) in [4.78, 5) is 0. The van der Waals surface area contributed by atoms with Gasteiger partial charge >= 0.3 is 0 Å². The highest BCUT2D eigenvalue weighted by molar-refractivity contribution is 6.79. The van der Waals surface area contributed by atoms with Crippen LogP contribution < -0.4 is 0 Å². The van der Waals surface area contributed by atoms with E-state index < -0.39 is 16.5 Å². The predicted molar refractivity (Wildman–Crippen MR) is 101 cm³/mol. The largest absolute Gasteiger partial charge is 0.307 e. The molecule has 2 aromatic rings. The molecule has 0 saturated heterocycles. The third-order valence-corrected chi connectivity index (χ3v) is 4.55. The first-order valence-corrected chi connectivity index (χ1v) is 14.5. The lowest BCUT2D eigenvalue weighted by molar-refractivity contribution is 1.12. The van der Waals surface area contributed by atoms with E-state index in [2.05, 4.69) is 48.4 Å². The van der Waals surface area contributed by atoms with Gasteiger partial charge in [0.15, 0.2) is 28.1 Å². The van der Waals surface area contributed by atoms with Crippen LogP contribution in [0, 0.1) is 0 Å². The fourth-order valence-electron chi connectivity index (χ4n) is 2.03. The van der Waals surface area contributed by atoms with Gasteiger partial charge in [0, 0.05) is 24.8 Å². The number of rotatable bonds is 2. The second-order valence-electron chi connectivity index (χ2n) is 7.39. The summed E-state index contributed by atoms with van der Waals surface area (Å²) in [6, 6.07) is 8.12. The van der Waals surface area contributed by atoms with Crippen LogP contribution in [0.3, 0.4) is 0 Å². The second-order valence-corrected chi connectivity index (χ2v) is 16.5. The average molecular weight is 331 g/mol. The van der Waals surface area contributed by atoms with Crippen LogP contribution in [0.5, 0.6) is 0 Å². The highest BCUT2D eigenvalue weighted by atomic mass is 28.3. The lowest BCUT2D eigenvalue weighted by atomic mass is 10.5.